The number of amides is 1. The maximum atomic E-state index is 11.9. The zero-order chi connectivity index (χ0) is 16.7. The Morgan fingerprint density at radius 2 is 2.13 bits per heavy atom. The van der Waals surface area contributed by atoms with Crippen LogP contribution in [0, 0.1) is 5.92 Å². The van der Waals surface area contributed by atoms with Crippen molar-refractivity contribution >= 4 is 17.6 Å². The molecule has 0 spiro atoms. The first-order valence-electron chi connectivity index (χ1n) is 8.50. The fourth-order valence-corrected chi connectivity index (χ4v) is 2.24. The van der Waals surface area contributed by atoms with E-state index < -0.39 is 0 Å². The quantitative estimate of drug-likeness (QED) is 0.535. The molecular formula is C18H28N4O. The molecule has 0 radical (unpaired) electrons. The van der Waals surface area contributed by atoms with Gasteiger partial charge < -0.3 is 16.0 Å². The van der Waals surface area contributed by atoms with E-state index in [-0.39, 0.29) is 5.91 Å². The number of hydrogen-bond donors (Lipinski definition) is 3. The highest BCUT2D eigenvalue weighted by Gasteiger charge is 2.21. The van der Waals surface area contributed by atoms with Gasteiger partial charge >= 0.3 is 0 Å². The van der Waals surface area contributed by atoms with Crippen LogP contribution in [0.15, 0.2) is 29.3 Å². The fourth-order valence-electron chi connectivity index (χ4n) is 2.24. The SMILES string of the molecule is CCNC(=NCc1cccc(NC(=O)CC(C)C)c1)NC1CC1. The van der Waals surface area contributed by atoms with E-state index in [9.17, 15) is 4.79 Å². The van der Waals surface area contributed by atoms with E-state index in [0.717, 1.165) is 23.8 Å². The molecule has 0 aliphatic heterocycles. The van der Waals surface area contributed by atoms with E-state index in [0.29, 0.717) is 24.9 Å². The van der Waals surface area contributed by atoms with Crippen molar-refractivity contribution in [2.45, 2.75) is 52.6 Å². The lowest BCUT2D eigenvalue weighted by Gasteiger charge is -2.11. The van der Waals surface area contributed by atoms with Gasteiger partial charge in [-0.25, -0.2) is 4.99 Å². The maximum absolute atomic E-state index is 11.9. The van der Waals surface area contributed by atoms with E-state index >= 15 is 0 Å². The Bertz CT molecular complexity index is 550. The first-order valence-corrected chi connectivity index (χ1v) is 8.50. The third-order valence-electron chi connectivity index (χ3n) is 3.49. The van der Waals surface area contributed by atoms with Crippen molar-refractivity contribution in [2.24, 2.45) is 10.9 Å². The summed E-state index contributed by atoms with van der Waals surface area (Å²) < 4.78 is 0. The molecule has 0 aromatic heterocycles. The van der Waals surface area contributed by atoms with Crippen molar-refractivity contribution in [1.29, 1.82) is 0 Å². The number of benzene rings is 1. The van der Waals surface area contributed by atoms with Crippen LogP contribution in [0.4, 0.5) is 5.69 Å². The number of nitrogens with one attached hydrogen (secondary N) is 3. The van der Waals surface area contributed by atoms with Crippen molar-refractivity contribution in [3.63, 3.8) is 0 Å². The average molecular weight is 316 g/mol. The Morgan fingerprint density at radius 3 is 2.78 bits per heavy atom. The summed E-state index contributed by atoms with van der Waals surface area (Å²) in [6.45, 7) is 7.59. The summed E-state index contributed by atoms with van der Waals surface area (Å²) >= 11 is 0. The second-order valence-corrected chi connectivity index (χ2v) is 6.46. The summed E-state index contributed by atoms with van der Waals surface area (Å²) in [5.74, 6) is 1.28. The molecule has 1 aromatic carbocycles. The molecule has 5 nitrogen and oxygen atoms in total. The van der Waals surface area contributed by atoms with Gasteiger partial charge in [-0.2, -0.15) is 0 Å². The molecule has 1 amide bonds. The summed E-state index contributed by atoms with van der Waals surface area (Å²) in [4.78, 5) is 16.5. The zero-order valence-corrected chi connectivity index (χ0v) is 14.4. The highest BCUT2D eigenvalue weighted by atomic mass is 16.1. The number of hydrogen-bond acceptors (Lipinski definition) is 2. The van der Waals surface area contributed by atoms with Gasteiger partial charge in [-0.05, 0) is 43.4 Å². The van der Waals surface area contributed by atoms with Crippen LogP contribution in [-0.4, -0.2) is 24.5 Å². The van der Waals surface area contributed by atoms with Crippen LogP contribution in [-0.2, 0) is 11.3 Å². The van der Waals surface area contributed by atoms with E-state index in [1.807, 2.05) is 38.1 Å². The van der Waals surface area contributed by atoms with Crippen LogP contribution in [0.5, 0.6) is 0 Å². The molecule has 0 saturated heterocycles. The number of rotatable bonds is 7. The molecule has 0 bridgehead atoms. The van der Waals surface area contributed by atoms with Gasteiger partial charge in [0.1, 0.15) is 0 Å². The number of carbonyl (C=O) groups is 1. The summed E-state index contributed by atoms with van der Waals surface area (Å²) in [6, 6.07) is 8.47. The van der Waals surface area contributed by atoms with Gasteiger partial charge in [0, 0.05) is 24.7 Å². The van der Waals surface area contributed by atoms with Crippen molar-refractivity contribution in [3.8, 4) is 0 Å². The minimum atomic E-state index is 0.0596. The van der Waals surface area contributed by atoms with Crippen LogP contribution in [0.2, 0.25) is 0 Å². The Hall–Kier alpha value is -2.04. The molecule has 1 aromatic rings. The van der Waals surface area contributed by atoms with Crippen LogP contribution in [0.3, 0.4) is 0 Å². The van der Waals surface area contributed by atoms with Gasteiger partial charge in [-0.3, -0.25) is 4.79 Å². The minimum absolute atomic E-state index is 0.0596. The van der Waals surface area contributed by atoms with Gasteiger partial charge in [0.2, 0.25) is 5.91 Å². The lowest BCUT2D eigenvalue weighted by molar-refractivity contribution is -0.116. The number of anilines is 1. The topological polar surface area (TPSA) is 65.5 Å². The van der Waals surface area contributed by atoms with Crippen molar-refractivity contribution in [1.82, 2.24) is 10.6 Å². The van der Waals surface area contributed by atoms with Crippen LogP contribution in [0.1, 0.15) is 45.6 Å². The normalized spacial score (nSPS) is 14.7. The predicted molar refractivity (Wildman–Crippen MR) is 95.5 cm³/mol. The molecule has 1 saturated carbocycles. The van der Waals surface area contributed by atoms with E-state index in [2.05, 4.69) is 27.9 Å². The molecule has 23 heavy (non-hydrogen) atoms. The maximum Gasteiger partial charge on any atom is 0.224 e. The van der Waals surface area contributed by atoms with Crippen LogP contribution < -0.4 is 16.0 Å². The molecule has 5 heteroatoms. The summed E-state index contributed by atoms with van der Waals surface area (Å²) in [5.41, 5.74) is 1.92. The van der Waals surface area contributed by atoms with E-state index in [1.54, 1.807) is 0 Å². The van der Waals surface area contributed by atoms with E-state index in [1.165, 1.54) is 12.8 Å². The Kier molecular flexibility index (Phi) is 6.44. The molecule has 0 atom stereocenters. The number of carbonyl (C=O) groups excluding carboxylic acids is 1. The summed E-state index contributed by atoms with van der Waals surface area (Å²) in [7, 11) is 0. The molecule has 1 aliphatic carbocycles. The number of guanidine groups is 1. The minimum Gasteiger partial charge on any atom is -0.357 e. The third-order valence-corrected chi connectivity index (χ3v) is 3.49. The van der Waals surface area contributed by atoms with Crippen molar-refractivity contribution in [3.05, 3.63) is 29.8 Å². The van der Waals surface area contributed by atoms with Gasteiger partial charge in [-0.1, -0.05) is 26.0 Å². The van der Waals surface area contributed by atoms with Crippen molar-refractivity contribution < 1.29 is 4.79 Å². The highest BCUT2D eigenvalue weighted by Crippen LogP contribution is 2.18. The standard InChI is InChI=1S/C18H28N4O/c1-4-19-18(22-15-8-9-15)20-12-14-6-5-7-16(11-14)21-17(23)10-13(2)3/h5-7,11,13,15H,4,8-10,12H2,1-3H3,(H,21,23)(H2,19,20,22). The van der Waals surface area contributed by atoms with Crippen LogP contribution in [0.25, 0.3) is 0 Å². The predicted octanol–water partition coefficient (Wildman–Crippen LogP) is 2.89. The molecule has 126 valence electrons. The third kappa shape index (κ3) is 6.72. The largest absolute Gasteiger partial charge is 0.357 e. The van der Waals surface area contributed by atoms with Gasteiger partial charge in [0.05, 0.1) is 6.54 Å². The molecule has 3 N–H and O–H groups in total. The number of aliphatic imine (C=N–C) groups is 1. The van der Waals surface area contributed by atoms with Gasteiger partial charge in [-0.15, -0.1) is 0 Å². The Balaban J connectivity index is 1.93. The first kappa shape index (κ1) is 17.3. The van der Waals surface area contributed by atoms with Crippen molar-refractivity contribution in [2.75, 3.05) is 11.9 Å². The van der Waals surface area contributed by atoms with E-state index in [4.69, 9.17) is 0 Å². The smallest absolute Gasteiger partial charge is 0.224 e. The molecule has 0 unspecified atom stereocenters. The second kappa shape index (κ2) is 8.56. The second-order valence-electron chi connectivity index (χ2n) is 6.46. The number of nitrogens with zero attached hydrogens (tertiary/aromatic N) is 1. The first-order chi connectivity index (χ1) is 11.1. The zero-order valence-electron chi connectivity index (χ0n) is 14.4. The Morgan fingerprint density at radius 1 is 1.35 bits per heavy atom. The molecular weight excluding hydrogens is 288 g/mol. The lowest BCUT2D eigenvalue weighted by atomic mass is 10.1. The average Bonchev–Trinajstić information content (AvgIpc) is 3.28. The van der Waals surface area contributed by atoms with Gasteiger partial charge in [0.25, 0.3) is 0 Å². The van der Waals surface area contributed by atoms with Crippen LogP contribution >= 0.6 is 0 Å². The fraction of sp³-hybridized carbons (Fsp3) is 0.556. The molecule has 1 fully saturated rings. The summed E-state index contributed by atoms with van der Waals surface area (Å²) in [5, 5.41) is 9.61. The van der Waals surface area contributed by atoms with Gasteiger partial charge in [0.15, 0.2) is 5.96 Å². The molecule has 1 aliphatic rings. The lowest BCUT2D eigenvalue weighted by Crippen LogP contribution is -2.38. The molecule has 0 heterocycles. The molecule has 2 rings (SSSR count). The highest BCUT2D eigenvalue weighted by molar-refractivity contribution is 5.90. The monoisotopic (exact) mass is 316 g/mol. The summed E-state index contributed by atoms with van der Waals surface area (Å²) in [6.07, 6.45) is 2.99. The Labute approximate surface area is 139 Å².